The number of hydrogen-bond donors (Lipinski definition) is 2. The fraction of sp³-hybridized carbons (Fsp3) is 0.375. The quantitative estimate of drug-likeness (QED) is 0.569. The van der Waals surface area contributed by atoms with E-state index < -0.39 is 6.23 Å². The van der Waals surface area contributed by atoms with Gasteiger partial charge in [-0.05, 0) is 12.2 Å². The maximum absolute atomic E-state index is 10.7. The van der Waals surface area contributed by atoms with Crippen molar-refractivity contribution in [2.75, 3.05) is 7.05 Å². The van der Waals surface area contributed by atoms with E-state index in [1.807, 2.05) is 0 Å². The molecule has 1 amide bonds. The Morgan fingerprint density at radius 3 is 3.00 bits per heavy atom. The molecule has 0 bridgehead atoms. The number of amides is 1. The number of nitrogens with one attached hydrogen (secondary N) is 1. The third-order valence-electron chi connectivity index (χ3n) is 1.58. The van der Waals surface area contributed by atoms with Gasteiger partial charge in [0, 0.05) is 20.2 Å². The summed E-state index contributed by atoms with van der Waals surface area (Å²) < 4.78 is 0. The van der Waals surface area contributed by atoms with Crippen molar-refractivity contribution in [3.05, 3.63) is 24.0 Å². The van der Waals surface area contributed by atoms with E-state index in [1.54, 1.807) is 30.3 Å². The lowest BCUT2D eigenvalue weighted by atomic mass is 10.2. The predicted octanol–water partition coefficient (Wildman–Crippen LogP) is -0.216. The first-order valence-electron chi connectivity index (χ1n) is 3.67. The Morgan fingerprint density at radius 2 is 2.42 bits per heavy atom. The maximum Gasteiger partial charge on any atom is 0.221 e. The highest BCUT2D eigenvalue weighted by Crippen LogP contribution is 2.08. The molecule has 0 saturated heterocycles. The molecule has 1 aliphatic heterocycles. The second-order valence-corrected chi connectivity index (χ2v) is 2.68. The normalized spacial score (nSPS) is 22.1. The van der Waals surface area contributed by atoms with Crippen molar-refractivity contribution < 1.29 is 9.90 Å². The molecule has 4 heteroatoms. The average Bonchev–Trinajstić information content (AvgIpc) is 1.98. The first-order valence-corrected chi connectivity index (χ1v) is 3.67. The van der Waals surface area contributed by atoms with E-state index in [2.05, 4.69) is 5.32 Å². The first-order chi connectivity index (χ1) is 5.61. The molecule has 1 rings (SSSR count). The summed E-state index contributed by atoms with van der Waals surface area (Å²) in [4.78, 5) is 12.3. The molecule has 0 aromatic carbocycles. The van der Waals surface area contributed by atoms with Gasteiger partial charge in [0.15, 0.2) is 6.23 Å². The topological polar surface area (TPSA) is 52.6 Å². The van der Waals surface area contributed by atoms with Crippen LogP contribution in [-0.4, -0.2) is 29.2 Å². The number of hydrogen-bond acceptors (Lipinski definition) is 3. The number of allylic oxidation sites excluding steroid dienone is 2. The number of aliphatic hydroxyl groups excluding tert-OH is 1. The van der Waals surface area contributed by atoms with Gasteiger partial charge in [-0.2, -0.15) is 0 Å². The fourth-order valence-electron chi connectivity index (χ4n) is 0.979. The summed E-state index contributed by atoms with van der Waals surface area (Å²) >= 11 is 0. The van der Waals surface area contributed by atoms with E-state index in [0.29, 0.717) is 5.70 Å². The number of carbonyl (C=O) groups is 1. The summed E-state index contributed by atoms with van der Waals surface area (Å²) in [6.45, 7) is 1.41. The molecular weight excluding hydrogens is 156 g/mol. The van der Waals surface area contributed by atoms with Gasteiger partial charge in [-0.3, -0.25) is 4.79 Å². The molecule has 2 N–H and O–H groups in total. The molecule has 1 aliphatic rings. The van der Waals surface area contributed by atoms with Crippen molar-refractivity contribution in [3.63, 3.8) is 0 Å². The van der Waals surface area contributed by atoms with Gasteiger partial charge in [0.25, 0.3) is 0 Å². The third-order valence-corrected chi connectivity index (χ3v) is 1.58. The van der Waals surface area contributed by atoms with E-state index in [4.69, 9.17) is 0 Å². The Bertz CT molecular complexity index is 245. The Kier molecular flexibility index (Phi) is 2.50. The summed E-state index contributed by atoms with van der Waals surface area (Å²) in [5.41, 5.74) is 0.507. The lowest BCUT2D eigenvalue weighted by Gasteiger charge is -2.26. The molecule has 4 nitrogen and oxygen atoms in total. The third kappa shape index (κ3) is 1.85. The molecule has 66 valence electrons. The summed E-state index contributed by atoms with van der Waals surface area (Å²) in [7, 11) is 1.73. The highest BCUT2D eigenvalue weighted by atomic mass is 16.3. The van der Waals surface area contributed by atoms with Gasteiger partial charge in [-0.1, -0.05) is 0 Å². The van der Waals surface area contributed by atoms with E-state index in [0.717, 1.165) is 0 Å². The number of carbonyl (C=O) groups excluding carboxylic acids is 1. The number of nitrogens with zero attached hydrogens (tertiary/aromatic N) is 1. The molecule has 0 radical (unpaired) electrons. The van der Waals surface area contributed by atoms with Crippen molar-refractivity contribution in [2.45, 2.75) is 13.2 Å². The van der Waals surface area contributed by atoms with Crippen LogP contribution in [0.3, 0.4) is 0 Å². The maximum atomic E-state index is 10.7. The highest BCUT2D eigenvalue weighted by Gasteiger charge is 2.16. The van der Waals surface area contributed by atoms with Crippen LogP contribution in [0.4, 0.5) is 0 Å². The van der Waals surface area contributed by atoms with Gasteiger partial charge in [0.2, 0.25) is 5.91 Å². The molecule has 1 unspecified atom stereocenters. The zero-order chi connectivity index (χ0) is 9.14. The molecule has 1 heterocycles. The predicted molar refractivity (Wildman–Crippen MR) is 44.8 cm³/mol. The molecule has 1 atom stereocenters. The molecule has 0 spiro atoms. The summed E-state index contributed by atoms with van der Waals surface area (Å²) in [6, 6.07) is 0. The van der Waals surface area contributed by atoms with Crippen LogP contribution in [0.5, 0.6) is 0 Å². The molecule has 0 saturated carbocycles. The lowest BCUT2D eigenvalue weighted by molar-refractivity contribution is -0.118. The van der Waals surface area contributed by atoms with E-state index >= 15 is 0 Å². The van der Waals surface area contributed by atoms with Gasteiger partial charge in [0.05, 0.1) is 5.70 Å². The largest absolute Gasteiger partial charge is 0.368 e. The standard InChI is InChI=1S/C8H12N2O2/c1-6(11)9-7-4-3-5-10(2)8(7)12/h3-5,8,12H,1-2H3,(H,9,11). The molecule has 0 fully saturated rings. The minimum atomic E-state index is -0.751. The summed E-state index contributed by atoms with van der Waals surface area (Å²) in [6.07, 6.45) is 4.42. The molecule has 0 aromatic heterocycles. The smallest absolute Gasteiger partial charge is 0.221 e. The Labute approximate surface area is 71.2 Å². The van der Waals surface area contributed by atoms with Crippen LogP contribution in [0.15, 0.2) is 24.0 Å². The average molecular weight is 168 g/mol. The first kappa shape index (κ1) is 8.80. The highest BCUT2D eigenvalue weighted by molar-refractivity contribution is 5.75. The number of rotatable bonds is 1. The van der Waals surface area contributed by atoms with Crippen LogP contribution in [-0.2, 0) is 4.79 Å². The van der Waals surface area contributed by atoms with Gasteiger partial charge in [-0.15, -0.1) is 0 Å². The van der Waals surface area contributed by atoms with Gasteiger partial charge >= 0.3 is 0 Å². The fourth-order valence-corrected chi connectivity index (χ4v) is 0.979. The van der Waals surface area contributed by atoms with Crippen molar-refractivity contribution in [1.82, 2.24) is 10.2 Å². The second kappa shape index (κ2) is 3.40. The Morgan fingerprint density at radius 1 is 1.75 bits per heavy atom. The van der Waals surface area contributed by atoms with Crippen molar-refractivity contribution in [3.8, 4) is 0 Å². The molecule has 0 aliphatic carbocycles. The second-order valence-electron chi connectivity index (χ2n) is 2.68. The molecular formula is C8H12N2O2. The van der Waals surface area contributed by atoms with Crippen LogP contribution >= 0.6 is 0 Å². The minimum absolute atomic E-state index is 0.177. The number of aliphatic hydroxyl groups is 1. The Balaban J connectivity index is 2.69. The van der Waals surface area contributed by atoms with Crippen LogP contribution in [0, 0.1) is 0 Å². The van der Waals surface area contributed by atoms with E-state index in [9.17, 15) is 9.90 Å². The van der Waals surface area contributed by atoms with Gasteiger partial charge in [-0.25, -0.2) is 0 Å². The van der Waals surface area contributed by atoms with Crippen LogP contribution in [0.1, 0.15) is 6.92 Å². The number of likely N-dealkylation sites (N-methyl/N-ethyl adjacent to an activating group) is 1. The SMILES string of the molecule is CC(=O)NC1=CC=CN(C)C1O. The van der Waals surface area contributed by atoms with E-state index in [1.165, 1.54) is 6.92 Å². The van der Waals surface area contributed by atoms with Gasteiger partial charge in [0.1, 0.15) is 0 Å². The molecule has 0 aromatic rings. The zero-order valence-corrected chi connectivity index (χ0v) is 7.11. The summed E-state index contributed by atoms with van der Waals surface area (Å²) in [5.74, 6) is -0.177. The lowest BCUT2D eigenvalue weighted by Crippen LogP contribution is -2.38. The van der Waals surface area contributed by atoms with Crippen molar-refractivity contribution in [1.29, 1.82) is 0 Å². The van der Waals surface area contributed by atoms with Crippen LogP contribution in [0.2, 0.25) is 0 Å². The molecule has 12 heavy (non-hydrogen) atoms. The van der Waals surface area contributed by atoms with Crippen LogP contribution in [0.25, 0.3) is 0 Å². The van der Waals surface area contributed by atoms with Crippen LogP contribution < -0.4 is 5.32 Å². The zero-order valence-electron chi connectivity index (χ0n) is 7.11. The minimum Gasteiger partial charge on any atom is -0.368 e. The van der Waals surface area contributed by atoms with Crippen molar-refractivity contribution in [2.24, 2.45) is 0 Å². The summed E-state index contributed by atoms with van der Waals surface area (Å²) in [5, 5.41) is 12.0. The van der Waals surface area contributed by atoms with Gasteiger partial charge < -0.3 is 15.3 Å². The Hall–Kier alpha value is -1.29. The monoisotopic (exact) mass is 168 g/mol. The van der Waals surface area contributed by atoms with E-state index in [-0.39, 0.29) is 5.91 Å². The van der Waals surface area contributed by atoms with Crippen molar-refractivity contribution >= 4 is 5.91 Å².